The summed E-state index contributed by atoms with van der Waals surface area (Å²) in [6.45, 7) is 3.57. The fourth-order valence-electron chi connectivity index (χ4n) is 7.17. The molecule has 4 aliphatic carbocycles. The van der Waals surface area contributed by atoms with Gasteiger partial charge in [0, 0.05) is 24.5 Å². The van der Waals surface area contributed by atoms with Crippen LogP contribution in [0.25, 0.3) is 0 Å². The first-order valence-electron chi connectivity index (χ1n) is 12.3. The van der Waals surface area contributed by atoms with E-state index in [9.17, 15) is 9.59 Å². The molecule has 1 aromatic carbocycles. The van der Waals surface area contributed by atoms with Gasteiger partial charge in [-0.15, -0.1) is 0 Å². The minimum absolute atomic E-state index is 0.0387. The monoisotopic (exact) mass is 424 g/mol. The Morgan fingerprint density at radius 3 is 2.26 bits per heavy atom. The van der Waals surface area contributed by atoms with Crippen LogP contribution in [0, 0.1) is 23.2 Å². The van der Waals surface area contributed by atoms with Crippen molar-refractivity contribution in [3.63, 3.8) is 0 Å². The molecule has 1 aliphatic heterocycles. The summed E-state index contributed by atoms with van der Waals surface area (Å²) in [6, 6.07) is 8.11. The molecule has 5 aliphatic rings. The maximum absolute atomic E-state index is 13.3. The van der Waals surface area contributed by atoms with E-state index in [1.807, 2.05) is 29.2 Å². The Morgan fingerprint density at radius 1 is 1.03 bits per heavy atom. The maximum atomic E-state index is 13.3. The molecule has 4 bridgehead atoms. The molecule has 5 fully saturated rings. The topological polar surface area (TPSA) is 58.6 Å². The van der Waals surface area contributed by atoms with Crippen LogP contribution in [0.2, 0.25) is 0 Å². The third kappa shape index (κ3) is 4.20. The van der Waals surface area contributed by atoms with Crippen molar-refractivity contribution in [2.75, 3.05) is 19.7 Å². The molecule has 1 N–H and O–H groups in total. The van der Waals surface area contributed by atoms with E-state index >= 15 is 0 Å². The van der Waals surface area contributed by atoms with E-state index in [0.717, 1.165) is 67.6 Å². The summed E-state index contributed by atoms with van der Waals surface area (Å²) in [6.07, 6.45) is 9.98. The van der Waals surface area contributed by atoms with Gasteiger partial charge >= 0.3 is 0 Å². The number of hydrogen-bond acceptors (Lipinski definition) is 3. The van der Waals surface area contributed by atoms with Gasteiger partial charge in [0.25, 0.3) is 5.91 Å². The van der Waals surface area contributed by atoms with Gasteiger partial charge in [-0.25, -0.2) is 0 Å². The van der Waals surface area contributed by atoms with Crippen LogP contribution in [0.5, 0.6) is 5.75 Å². The van der Waals surface area contributed by atoms with Crippen LogP contribution in [0.4, 0.5) is 0 Å². The summed E-state index contributed by atoms with van der Waals surface area (Å²) in [4.78, 5) is 27.8. The molecule has 0 aromatic heterocycles. The number of nitrogens with one attached hydrogen (secondary N) is 1. The molecule has 31 heavy (non-hydrogen) atoms. The third-order valence-electron chi connectivity index (χ3n) is 8.41. The highest BCUT2D eigenvalue weighted by molar-refractivity contribution is 5.83. The van der Waals surface area contributed by atoms with Crippen molar-refractivity contribution in [2.45, 2.75) is 70.8 Å². The Balaban J connectivity index is 1.10. The normalized spacial score (nSPS) is 32.2. The summed E-state index contributed by atoms with van der Waals surface area (Å²) in [5.74, 6) is 3.52. The molecule has 0 unspecified atom stereocenters. The molecule has 4 saturated carbocycles. The molecule has 5 heteroatoms. The predicted octanol–water partition coefficient (Wildman–Crippen LogP) is 3.95. The van der Waals surface area contributed by atoms with Crippen molar-refractivity contribution in [3.8, 4) is 5.75 Å². The van der Waals surface area contributed by atoms with Gasteiger partial charge in [-0.2, -0.15) is 0 Å². The van der Waals surface area contributed by atoms with Crippen LogP contribution >= 0.6 is 0 Å². The van der Waals surface area contributed by atoms with Crippen LogP contribution in [0.1, 0.15) is 63.9 Å². The van der Waals surface area contributed by atoms with Crippen molar-refractivity contribution in [3.05, 3.63) is 29.8 Å². The zero-order chi connectivity index (χ0) is 21.4. The van der Waals surface area contributed by atoms with Gasteiger partial charge in [0.1, 0.15) is 5.75 Å². The SMILES string of the molecule is CCc1ccccc1OCC(=O)N1CCC(NC(=O)C23CC4CC(CC(C4)C2)C3)CC1. The van der Waals surface area contributed by atoms with E-state index in [1.165, 1.54) is 19.3 Å². The summed E-state index contributed by atoms with van der Waals surface area (Å²) in [7, 11) is 0. The smallest absolute Gasteiger partial charge is 0.260 e. The molecule has 5 nitrogen and oxygen atoms in total. The van der Waals surface area contributed by atoms with Gasteiger partial charge in [0.2, 0.25) is 5.91 Å². The van der Waals surface area contributed by atoms with Crippen molar-refractivity contribution in [1.82, 2.24) is 10.2 Å². The Kier molecular flexibility index (Phi) is 5.70. The number of likely N-dealkylation sites (tertiary alicyclic amines) is 1. The summed E-state index contributed by atoms with van der Waals surface area (Å²) in [5, 5.41) is 3.40. The highest BCUT2D eigenvalue weighted by Crippen LogP contribution is 2.60. The standard InChI is InChI=1S/C26H36N2O3/c1-2-21-5-3-4-6-23(21)31-17-24(29)28-9-7-22(8-10-28)27-25(30)26-14-18-11-19(15-26)13-20(12-18)16-26/h3-6,18-20,22H,2,7-17H2,1H3,(H,27,30). The van der Waals surface area contributed by atoms with Gasteiger partial charge in [0.15, 0.2) is 6.61 Å². The van der Waals surface area contributed by atoms with Gasteiger partial charge in [-0.3, -0.25) is 9.59 Å². The first kappa shape index (κ1) is 20.8. The molecule has 168 valence electrons. The molecule has 6 rings (SSSR count). The molecular weight excluding hydrogens is 388 g/mol. The number of carbonyl (C=O) groups is 2. The lowest BCUT2D eigenvalue weighted by molar-refractivity contribution is -0.147. The molecule has 2 amide bonds. The molecule has 0 atom stereocenters. The van der Waals surface area contributed by atoms with Crippen LogP contribution in [-0.2, 0) is 16.0 Å². The average Bonchev–Trinajstić information content (AvgIpc) is 2.77. The number of nitrogens with zero attached hydrogens (tertiary/aromatic N) is 1. The van der Waals surface area contributed by atoms with Gasteiger partial charge in [-0.05, 0) is 87.2 Å². The number of aryl methyl sites for hydroxylation is 1. The largest absolute Gasteiger partial charge is 0.483 e. The van der Waals surface area contributed by atoms with E-state index < -0.39 is 0 Å². The zero-order valence-electron chi connectivity index (χ0n) is 18.8. The molecule has 0 radical (unpaired) electrons. The minimum atomic E-state index is -0.0811. The second-order valence-corrected chi connectivity index (χ2v) is 10.6. The van der Waals surface area contributed by atoms with E-state index in [1.54, 1.807) is 0 Å². The lowest BCUT2D eigenvalue weighted by atomic mass is 9.49. The summed E-state index contributed by atoms with van der Waals surface area (Å²) >= 11 is 0. The van der Waals surface area contributed by atoms with Crippen LogP contribution in [0.3, 0.4) is 0 Å². The lowest BCUT2D eigenvalue weighted by Gasteiger charge is -2.56. The minimum Gasteiger partial charge on any atom is -0.483 e. The Labute approximate surface area is 185 Å². The molecule has 1 heterocycles. The number of benzene rings is 1. The molecule has 1 aromatic rings. The number of amides is 2. The van der Waals surface area contributed by atoms with E-state index in [0.29, 0.717) is 19.0 Å². The fraction of sp³-hybridized carbons (Fsp3) is 0.692. The Bertz CT molecular complexity index is 792. The highest BCUT2D eigenvalue weighted by Gasteiger charge is 2.54. The summed E-state index contributed by atoms with van der Waals surface area (Å²) in [5.41, 5.74) is 1.05. The van der Waals surface area contributed by atoms with E-state index in [4.69, 9.17) is 4.74 Å². The summed E-state index contributed by atoms with van der Waals surface area (Å²) < 4.78 is 5.81. The number of carbonyl (C=O) groups excluding carboxylic acids is 2. The number of ether oxygens (including phenoxy) is 1. The highest BCUT2D eigenvalue weighted by atomic mass is 16.5. The van der Waals surface area contributed by atoms with E-state index in [2.05, 4.69) is 12.2 Å². The van der Waals surface area contributed by atoms with Crippen molar-refractivity contribution in [2.24, 2.45) is 23.2 Å². The second kappa shape index (κ2) is 8.48. The molecule has 0 spiro atoms. The number of rotatable bonds is 6. The maximum Gasteiger partial charge on any atom is 0.260 e. The van der Waals surface area contributed by atoms with Crippen LogP contribution in [-0.4, -0.2) is 42.5 Å². The molecular formula is C26H36N2O3. The van der Waals surface area contributed by atoms with Crippen molar-refractivity contribution < 1.29 is 14.3 Å². The third-order valence-corrected chi connectivity index (χ3v) is 8.41. The Hall–Kier alpha value is -2.04. The van der Waals surface area contributed by atoms with Gasteiger partial charge in [-0.1, -0.05) is 25.1 Å². The zero-order valence-corrected chi connectivity index (χ0v) is 18.8. The lowest BCUT2D eigenvalue weighted by Crippen LogP contribution is -2.56. The number of hydrogen-bond donors (Lipinski definition) is 1. The Morgan fingerprint density at radius 2 is 1.65 bits per heavy atom. The first-order valence-corrected chi connectivity index (χ1v) is 12.3. The molecule has 1 saturated heterocycles. The second-order valence-electron chi connectivity index (χ2n) is 10.6. The fourth-order valence-corrected chi connectivity index (χ4v) is 7.17. The van der Waals surface area contributed by atoms with Gasteiger partial charge < -0.3 is 15.0 Å². The quantitative estimate of drug-likeness (QED) is 0.752. The van der Waals surface area contributed by atoms with E-state index in [-0.39, 0.29) is 24.0 Å². The van der Waals surface area contributed by atoms with Crippen LogP contribution < -0.4 is 10.1 Å². The number of para-hydroxylation sites is 1. The van der Waals surface area contributed by atoms with Crippen molar-refractivity contribution in [1.29, 1.82) is 0 Å². The van der Waals surface area contributed by atoms with Crippen LogP contribution in [0.15, 0.2) is 24.3 Å². The van der Waals surface area contributed by atoms with Gasteiger partial charge in [0.05, 0.1) is 0 Å². The first-order chi connectivity index (χ1) is 15.0. The van der Waals surface area contributed by atoms with Crippen molar-refractivity contribution >= 4 is 11.8 Å². The average molecular weight is 425 g/mol. The predicted molar refractivity (Wildman–Crippen MR) is 120 cm³/mol. The number of piperidine rings is 1.